The van der Waals surface area contributed by atoms with Crippen molar-refractivity contribution in [1.29, 1.82) is 0 Å². The zero-order valence-electron chi connectivity index (χ0n) is 17.3. The van der Waals surface area contributed by atoms with Gasteiger partial charge < -0.3 is 24.4 Å². The maximum absolute atomic E-state index is 13.5. The second-order valence-corrected chi connectivity index (χ2v) is 7.21. The van der Waals surface area contributed by atoms with Crippen molar-refractivity contribution in [3.05, 3.63) is 47.5 Å². The van der Waals surface area contributed by atoms with E-state index in [0.717, 1.165) is 11.3 Å². The lowest BCUT2D eigenvalue weighted by Gasteiger charge is -2.31. The summed E-state index contributed by atoms with van der Waals surface area (Å²) in [6, 6.07) is 10.1. The lowest BCUT2D eigenvalue weighted by molar-refractivity contribution is -0.121. The maximum atomic E-state index is 13.5. The normalized spacial score (nSPS) is 16.2. The van der Waals surface area contributed by atoms with E-state index >= 15 is 0 Å². The number of ether oxygens (including phenoxy) is 3. The molecule has 1 aliphatic rings. The third kappa shape index (κ3) is 3.99. The first-order valence-corrected chi connectivity index (χ1v) is 9.40. The molecule has 0 spiro atoms. The van der Waals surface area contributed by atoms with Crippen LogP contribution >= 0.6 is 0 Å². The zero-order chi connectivity index (χ0) is 21.1. The van der Waals surface area contributed by atoms with Crippen molar-refractivity contribution in [2.45, 2.75) is 26.4 Å². The van der Waals surface area contributed by atoms with Gasteiger partial charge in [-0.1, -0.05) is 26.0 Å². The molecule has 1 N–H and O–H groups in total. The second-order valence-electron chi connectivity index (χ2n) is 7.21. The molecule has 0 radical (unpaired) electrons. The molecule has 1 aliphatic heterocycles. The third-order valence-electron chi connectivity index (χ3n) is 5.02. The van der Waals surface area contributed by atoms with Crippen LogP contribution in [0.3, 0.4) is 0 Å². The average Bonchev–Trinajstić information content (AvgIpc) is 2.81. The van der Waals surface area contributed by atoms with Gasteiger partial charge in [-0.3, -0.25) is 9.59 Å². The molecule has 2 amide bonds. The predicted molar refractivity (Wildman–Crippen MR) is 110 cm³/mol. The smallest absolute Gasteiger partial charge is 0.257 e. The van der Waals surface area contributed by atoms with E-state index in [4.69, 9.17) is 14.2 Å². The Bertz CT molecular complexity index is 908. The molecule has 0 saturated heterocycles. The van der Waals surface area contributed by atoms with E-state index in [-0.39, 0.29) is 17.7 Å². The van der Waals surface area contributed by atoms with Crippen LogP contribution in [0.25, 0.3) is 0 Å². The lowest BCUT2D eigenvalue weighted by Crippen LogP contribution is -2.47. The van der Waals surface area contributed by atoms with Gasteiger partial charge in [-0.05, 0) is 29.7 Å². The number of fused-ring (bicyclic) bond motifs is 1. The molecule has 0 saturated carbocycles. The number of carbonyl (C=O) groups is 2. The second kappa shape index (κ2) is 8.43. The highest BCUT2D eigenvalue weighted by Crippen LogP contribution is 2.36. The highest BCUT2D eigenvalue weighted by molar-refractivity contribution is 6.10. The molecule has 0 aromatic heterocycles. The molecular weight excluding hydrogens is 372 g/mol. The van der Waals surface area contributed by atoms with Gasteiger partial charge in [0.15, 0.2) is 11.5 Å². The van der Waals surface area contributed by atoms with Crippen molar-refractivity contribution in [1.82, 2.24) is 4.90 Å². The lowest BCUT2D eigenvalue weighted by atomic mass is 10.0. The third-order valence-corrected chi connectivity index (χ3v) is 5.02. The van der Waals surface area contributed by atoms with E-state index in [1.54, 1.807) is 24.1 Å². The number of hydrogen-bond acceptors (Lipinski definition) is 5. The van der Waals surface area contributed by atoms with Gasteiger partial charge in [0.2, 0.25) is 5.91 Å². The van der Waals surface area contributed by atoms with E-state index in [0.29, 0.717) is 29.3 Å². The van der Waals surface area contributed by atoms with Gasteiger partial charge in [0.05, 0.1) is 32.6 Å². The summed E-state index contributed by atoms with van der Waals surface area (Å²) in [5.41, 5.74) is 1.69. The van der Waals surface area contributed by atoms with Crippen molar-refractivity contribution < 1.29 is 23.8 Å². The van der Waals surface area contributed by atoms with Crippen molar-refractivity contribution in [3.8, 4) is 17.2 Å². The van der Waals surface area contributed by atoms with E-state index in [1.807, 2.05) is 38.1 Å². The van der Waals surface area contributed by atoms with Gasteiger partial charge in [0.25, 0.3) is 5.91 Å². The maximum Gasteiger partial charge on any atom is 0.257 e. The van der Waals surface area contributed by atoms with E-state index in [2.05, 4.69) is 5.32 Å². The van der Waals surface area contributed by atoms with Gasteiger partial charge in [-0.15, -0.1) is 0 Å². The molecule has 0 aliphatic carbocycles. The highest BCUT2D eigenvalue weighted by Gasteiger charge is 2.38. The number of anilines is 1. The summed E-state index contributed by atoms with van der Waals surface area (Å²) in [7, 11) is 4.62. The standard InChI is InChI=1S/C22H26N2O5/c1-13(2)20-21(25)23-17-11-19(29-5)18(28-4)10-16(17)22(26)24(20)12-14-6-8-15(27-3)9-7-14/h6-11,13,20H,12H2,1-5H3,(H,23,25)/t20-/m1/s1. The summed E-state index contributed by atoms with van der Waals surface area (Å²) in [6.45, 7) is 4.15. The Morgan fingerprint density at radius 3 is 2.14 bits per heavy atom. The Hall–Kier alpha value is -3.22. The molecule has 7 nitrogen and oxygen atoms in total. The van der Waals surface area contributed by atoms with Crippen LogP contribution in [0.4, 0.5) is 5.69 Å². The van der Waals surface area contributed by atoms with Crippen LogP contribution in [0.15, 0.2) is 36.4 Å². The molecule has 7 heteroatoms. The molecule has 0 unspecified atom stereocenters. The Morgan fingerprint density at radius 2 is 1.59 bits per heavy atom. The number of hydrogen-bond donors (Lipinski definition) is 1. The minimum absolute atomic E-state index is 0.0738. The van der Waals surface area contributed by atoms with Crippen LogP contribution in [-0.2, 0) is 11.3 Å². The van der Waals surface area contributed by atoms with Crippen molar-refractivity contribution in [3.63, 3.8) is 0 Å². The van der Waals surface area contributed by atoms with Crippen molar-refractivity contribution >= 4 is 17.5 Å². The zero-order valence-corrected chi connectivity index (χ0v) is 17.3. The van der Waals surface area contributed by atoms with Gasteiger partial charge in [0, 0.05) is 12.6 Å². The minimum Gasteiger partial charge on any atom is -0.497 e. The first kappa shape index (κ1) is 20.5. The predicted octanol–water partition coefficient (Wildman–Crippen LogP) is 3.33. The van der Waals surface area contributed by atoms with E-state index < -0.39 is 6.04 Å². The Kier molecular flexibility index (Phi) is 5.96. The molecule has 1 atom stereocenters. The first-order valence-electron chi connectivity index (χ1n) is 9.40. The molecule has 2 aromatic carbocycles. The fourth-order valence-corrected chi connectivity index (χ4v) is 3.55. The van der Waals surface area contributed by atoms with Gasteiger partial charge in [-0.2, -0.15) is 0 Å². The molecule has 0 fully saturated rings. The number of methoxy groups -OCH3 is 3. The molecule has 0 bridgehead atoms. The molecular formula is C22H26N2O5. The van der Waals surface area contributed by atoms with Gasteiger partial charge in [0.1, 0.15) is 11.8 Å². The number of benzene rings is 2. The van der Waals surface area contributed by atoms with Crippen molar-refractivity contribution in [2.75, 3.05) is 26.6 Å². The van der Waals surface area contributed by atoms with Crippen molar-refractivity contribution in [2.24, 2.45) is 5.92 Å². The summed E-state index contributed by atoms with van der Waals surface area (Å²) in [6.07, 6.45) is 0. The van der Waals surface area contributed by atoms with Crippen LogP contribution < -0.4 is 19.5 Å². The van der Waals surface area contributed by atoms with Gasteiger partial charge >= 0.3 is 0 Å². The van der Waals surface area contributed by atoms with Crippen LogP contribution in [0.1, 0.15) is 29.8 Å². The number of nitrogens with zero attached hydrogens (tertiary/aromatic N) is 1. The number of nitrogens with one attached hydrogen (secondary N) is 1. The Labute approximate surface area is 170 Å². The molecule has 154 valence electrons. The quantitative estimate of drug-likeness (QED) is 0.808. The Morgan fingerprint density at radius 1 is 0.966 bits per heavy atom. The van der Waals surface area contributed by atoms with E-state index in [1.165, 1.54) is 14.2 Å². The highest BCUT2D eigenvalue weighted by atomic mass is 16.5. The molecule has 2 aromatic rings. The monoisotopic (exact) mass is 398 g/mol. The fraction of sp³-hybridized carbons (Fsp3) is 0.364. The molecule has 29 heavy (non-hydrogen) atoms. The summed E-state index contributed by atoms with van der Waals surface area (Å²) in [5, 5.41) is 2.89. The molecule has 3 rings (SSSR count). The Balaban J connectivity index is 2.06. The van der Waals surface area contributed by atoms with Crippen LogP contribution in [0.5, 0.6) is 17.2 Å². The largest absolute Gasteiger partial charge is 0.497 e. The summed E-state index contributed by atoms with van der Waals surface area (Å²) in [4.78, 5) is 28.1. The van der Waals surface area contributed by atoms with Crippen LogP contribution in [0, 0.1) is 5.92 Å². The average molecular weight is 398 g/mol. The summed E-state index contributed by atoms with van der Waals surface area (Å²) >= 11 is 0. The van der Waals surface area contributed by atoms with Crippen LogP contribution in [-0.4, -0.2) is 44.1 Å². The van der Waals surface area contributed by atoms with Crippen LogP contribution in [0.2, 0.25) is 0 Å². The fourth-order valence-electron chi connectivity index (χ4n) is 3.55. The molecule has 1 heterocycles. The topological polar surface area (TPSA) is 77.1 Å². The number of carbonyl (C=O) groups excluding carboxylic acids is 2. The summed E-state index contributed by atoms with van der Waals surface area (Å²) < 4.78 is 15.9. The van der Waals surface area contributed by atoms with E-state index in [9.17, 15) is 9.59 Å². The minimum atomic E-state index is -0.617. The first-order chi connectivity index (χ1) is 13.9. The number of amides is 2. The SMILES string of the molecule is COc1ccc(CN2C(=O)c3cc(OC)c(OC)cc3NC(=O)[C@H]2C(C)C)cc1. The van der Waals surface area contributed by atoms with Gasteiger partial charge in [-0.25, -0.2) is 0 Å². The number of rotatable bonds is 6. The summed E-state index contributed by atoms with van der Waals surface area (Å²) in [5.74, 6) is 1.07.